The fourth-order valence-electron chi connectivity index (χ4n) is 3.06. The molecule has 0 amide bonds. The second-order valence-electron chi connectivity index (χ2n) is 8.26. The molecule has 1 unspecified atom stereocenters. The predicted octanol–water partition coefficient (Wildman–Crippen LogP) is 7.51. The normalized spacial score (nSPS) is 15.2. The molecule has 0 heterocycles. The Balaban J connectivity index is 4.63. The summed E-state index contributed by atoms with van der Waals surface area (Å²) in [5, 5.41) is -1.49. The van der Waals surface area contributed by atoms with Crippen LogP contribution in [0.3, 0.4) is 0 Å². The van der Waals surface area contributed by atoms with Gasteiger partial charge in [-0.3, -0.25) is 9.13 Å². The zero-order valence-corrected chi connectivity index (χ0v) is 22.0. The molecule has 0 aliphatic carbocycles. The molecule has 0 rings (SSSR count). The molecule has 1 atom stereocenters. The van der Waals surface area contributed by atoms with E-state index in [2.05, 4.69) is 45.9 Å². The summed E-state index contributed by atoms with van der Waals surface area (Å²) < 4.78 is 33.8. The van der Waals surface area contributed by atoms with E-state index in [0.29, 0.717) is 0 Å². The highest BCUT2D eigenvalue weighted by Crippen LogP contribution is 2.66. The third kappa shape index (κ3) is 13.4. The highest BCUT2D eigenvalue weighted by Gasteiger charge is 2.45. The maximum atomic E-state index is 12.5. The lowest BCUT2D eigenvalue weighted by Crippen LogP contribution is -2.11. The summed E-state index contributed by atoms with van der Waals surface area (Å²) in [4.78, 5) is 19.1. The van der Waals surface area contributed by atoms with Gasteiger partial charge in [0.2, 0.25) is 0 Å². The molecule has 0 aromatic heterocycles. The molecule has 0 bridgehead atoms. The number of allylic oxidation sites excluding steroid dienone is 8. The van der Waals surface area contributed by atoms with Gasteiger partial charge in [0.05, 0.1) is 0 Å². The highest BCUT2D eigenvalue weighted by atomic mass is 31.2. The van der Waals surface area contributed by atoms with Gasteiger partial charge in [-0.2, -0.15) is 0 Å². The summed E-state index contributed by atoms with van der Waals surface area (Å²) in [7, 11) is -6.24. The van der Waals surface area contributed by atoms with Crippen LogP contribution >= 0.6 is 15.2 Å². The van der Waals surface area contributed by atoms with Crippen molar-refractivity contribution in [1.82, 2.24) is 0 Å². The van der Waals surface area contributed by atoms with Crippen molar-refractivity contribution in [3.63, 3.8) is 0 Å². The largest absolute Gasteiger partial charge is 0.345 e. The van der Waals surface area contributed by atoms with Crippen LogP contribution in [0.15, 0.2) is 46.6 Å². The Morgan fingerprint density at radius 1 is 0.742 bits per heavy atom. The van der Waals surface area contributed by atoms with E-state index in [9.17, 15) is 18.9 Å². The first-order chi connectivity index (χ1) is 14.4. The monoisotopic (exact) mass is 476 g/mol. The summed E-state index contributed by atoms with van der Waals surface area (Å²) in [5.41, 5.74) is 5.10. The number of rotatable bonds is 15. The van der Waals surface area contributed by atoms with Gasteiger partial charge in [0.15, 0.2) is 5.40 Å². The zero-order chi connectivity index (χ0) is 24.1. The Bertz CT molecular complexity index is 746. The molecule has 0 aliphatic rings. The van der Waals surface area contributed by atoms with E-state index >= 15 is 0 Å². The molecular weight excluding hydrogens is 434 g/mol. The fraction of sp³-hybridized carbons (Fsp3) is 0.652. The maximum Gasteiger partial charge on any atom is 0.345 e. The van der Waals surface area contributed by atoms with E-state index in [4.69, 9.17) is 9.05 Å². The first-order valence-corrected chi connectivity index (χ1v) is 14.0. The topological polar surface area (TPSA) is 93.1 Å². The van der Waals surface area contributed by atoms with E-state index in [1.807, 2.05) is 6.92 Å². The molecule has 180 valence electrons. The third-order valence-corrected chi connectivity index (χ3v) is 9.79. The van der Waals surface area contributed by atoms with Gasteiger partial charge in [-0.05, 0) is 79.6 Å². The summed E-state index contributed by atoms with van der Waals surface area (Å²) in [6, 6.07) is 0. The molecule has 0 spiro atoms. The van der Waals surface area contributed by atoms with Crippen LogP contribution in [0.25, 0.3) is 0 Å². The minimum absolute atomic E-state index is 0.0609. The lowest BCUT2D eigenvalue weighted by Gasteiger charge is -2.24. The van der Waals surface area contributed by atoms with E-state index < -0.39 is 20.6 Å². The first-order valence-electron chi connectivity index (χ1n) is 10.7. The summed E-state index contributed by atoms with van der Waals surface area (Å²) in [6.45, 7) is 10.5. The van der Waals surface area contributed by atoms with Crippen molar-refractivity contribution in [3.8, 4) is 0 Å². The summed E-state index contributed by atoms with van der Waals surface area (Å²) in [5.74, 6) is 0. The maximum absolute atomic E-state index is 12.5. The molecule has 0 aliphatic heterocycles. The van der Waals surface area contributed by atoms with E-state index in [1.54, 1.807) is 6.08 Å². The van der Waals surface area contributed by atoms with Gasteiger partial charge in [-0.25, -0.2) is 0 Å². The second-order valence-corrected chi connectivity index (χ2v) is 12.9. The van der Waals surface area contributed by atoms with Crippen LogP contribution in [0.4, 0.5) is 0 Å². The molecule has 0 saturated heterocycles. The quantitative estimate of drug-likeness (QED) is 0.188. The Morgan fingerprint density at radius 3 is 1.48 bits per heavy atom. The van der Waals surface area contributed by atoms with Crippen LogP contribution in [0, 0.1) is 0 Å². The standard InChI is InChI=1S/C23H42O6P2/c1-19(2)11-8-12-20(3)13-9-14-21(4)15-10-16-22(5)17-18-23(30(24,25)26)31(27,28-6)29-7/h11,13,15,17,23H,8-10,12,14,16,18H2,1-7H3,(H2,24,25,26)/b20-13+,21-15+,22-17+. The van der Waals surface area contributed by atoms with Gasteiger partial charge in [0, 0.05) is 14.2 Å². The fourth-order valence-corrected chi connectivity index (χ4v) is 6.48. The second kappa shape index (κ2) is 15.2. The van der Waals surface area contributed by atoms with Gasteiger partial charge >= 0.3 is 15.2 Å². The minimum Gasteiger partial charge on any atom is -0.324 e. The molecule has 8 heteroatoms. The molecule has 0 aromatic carbocycles. The van der Waals surface area contributed by atoms with Crippen LogP contribution < -0.4 is 0 Å². The van der Waals surface area contributed by atoms with E-state index in [1.165, 1.54) is 16.7 Å². The SMILES string of the molecule is COP(=O)(OC)C(C/C=C(\C)CC/C=C(\C)CC/C=C(\C)CCC=C(C)C)P(=O)(O)O. The molecule has 31 heavy (non-hydrogen) atoms. The van der Waals surface area contributed by atoms with Crippen molar-refractivity contribution < 1.29 is 28.0 Å². The average Bonchev–Trinajstić information content (AvgIpc) is 2.66. The minimum atomic E-state index is -4.64. The lowest BCUT2D eigenvalue weighted by atomic mass is 10.0. The lowest BCUT2D eigenvalue weighted by molar-refractivity contribution is 0.266. The van der Waals surface area contributed by atoms with E-state index in [-0.39, 0.29) is 6.42 Å². The predicted molar refractivity (Wildman–Crippen MR) is 130 cm³/mol. The van der Waals surface area contributed by atoms with E-state index in [0.717, 1.165) is 58.3 Å². The van der Waals surface area contributed by atoms with Crippen LogP contribution in [0.2, 0.25) is 0 Å². The first kappa shape index (κ1) is 30.3. The van der Waals surface area contributed by atoms with Crippen molar-refractivity contribution in [2.24, 2.45) is 0 Å². The van der Waals surface area contributed by atoms with Crippen molar-refractivity contribution in [2.45, 2.75) is 85.0 Å². The van der Waals surface area contributed by atoms with Crippen molar-refractivity contribution in [2.75, 3.05) is 14.2 Å². The van der Waals surface area contributed by atoms with Crippen molar-refractivity contribution >= 4 is 15.2 Å². The zero-order valence-electron chi connectivity index (χ0n) is 20.3. The third-order valence-electron chi connectivity index (χ3n) is 5.09. The molecule has 0 saturated carbocycles. The van der Waals surface area contributed by atoms with Crippen molar-refractivity contribution in [1.29, 1.82) is 0 Å². The molecule has 0 aromatic rings. The number of hydrogen-bond donors (Lipinski definition) is 2. The van der Waals surface area contributed by atoms with Crippen LogP contribution in [-0.4, -0.2) is 29.4 Å². The van der Waals surface area contributed by atoms with Crippen molar-refractivity contribution in [3.05, 3.63) is 46.6 Å². The molecule has 0 fully saturated rings. The van der Waals surface area contributed by atoms with Crippen LogP contribution in [0.5, 0.6) is 0 Å². The Hall–Kier alpha value is -0.740. The Kier molecular flexibility index (Phi) is 14.8. The van der Waals surface area contributed by atoms with Gasteiger partial charge in [-0.1, -0.05) is 46.6 Å². The summed E-state index contributed by atoms with van der Waals surface area (Å²) >= 11 is 0. The van der Waals surface area contributed by atoms with Gasteiger partial charge in [-0.15, -0.1) is 0 Å². The van der Waals surface area contributed by atoms with Gasteiger partial charge < -0.3 is 18.8 Å². The van der Waals surface area contributed by atoms with Gasteiger partial charge in [0.25, 0.3) is 0 Å². The van der Waals surface area contributed by atoms with Gasteiger partial charge in [0.1, 0.15) is 0 Å². The Morgan fingerprint density at radius 2 is 1.13 bits per heavy atom. The van der Waals surface area contributed by atoms with Crippen LogP contribution in [0.1, 0.15) is 79.6 Å². The molecule has 6 nitrogen and oxygen atoms in total. The average molecular weight is 477 g/mol. The molecular formula is C23H42O6P2. The number of hydrogen-bond acceptors (Lipinski definition) is 4. The summed E-state index contributed by atoms with van der Waals surface area (Å²) in [6.07, 6.45) is 14.3. The molecule has 0 radical (unpaired) electrons. The van der Waals surface area contributed by atoms with Crippen LogP contribution in [-0.2, 0) is 18.2 Å². The Labute approximate surface area is 189 Å². The highest BCUT2D eigenvalue weighted by molar-refractivity contribution is 7.71. The smallest absolute Gasteiger partial charge is 0.324 e. The molecule has 2 N–H and O–H groups in total.